The Bertz CT molecular complexity index is 373. The van der Waals surface area contributed by atoms with E-state index in [1.807, 2.05) is 0 Å². The van der Waals surface area contributed by atoms with Gasteiger partial charge in [-0.2, -0.15) is 0 Å². The molecule has 0 aromatic carbocycles. The fraction of sp³-hybridized carbons (Fsp3) is 0.846. The molecular weight excluding hydrogens is 258 g/mol. The first-order valence-electron chi connectivity index (χ1n) is 7.14. The number of likely N-dealkylation sites (tertiary alicyclic amines) is 1. The summed E-state index contributed by atoms with van der Waals surface area (Å²) in [5, 5.41) is 13.8. The maximum absolute atomic E-state index is 4.27. The van der Waals surface area contributed by atoms with Gasteiger partial charge in [0.2, 0.25) is 5.13 Å². The van der Waals surface area contributed by atoms with Crippen molar-refractivity contribution in [2.24, 2.45) is 0 Å². The van der Waals surface area contributed by atoms with Crippen LogP contribution in [0, 0.1) is 0 Å². The Morgan fingerprint density at radius 1 is 1.37 bits per heavy atom. The second-order valence-corrected chi connectivity index (χ2v) is 6.44. The maximum Gasteiger partial charge on any atom is 0.205 e. The SMILES string of the molecule is CCCNc1nnc(CN(C)C2CCN(C)CC2)s1. The summed E-state index contributed by atoms with van der Waals surface area (Å²) < 4.78 is 0. The summed E-state index contributed by atoms with van der Waals surface area (Å²) >= 11 is 1.68. The van der Waals surface area contributed by atoms with Gasteiger partial charge < -0.3 is 10.2 Å². The fourth-order valence-corrected chi connectivity index (χ4v) is 3.23. The van der Waals surface area contributed by atoms with Crippen LogP contribution in [0.15, 0.2) is 0 Å². The van der Waals surface area contributed by atoms with E-state index in [0.29, 0.717) is 6.04 Å². The lowest BCUT2D eigenvalue weighted by Crippen LogP contribution is -2.41. The highest BCUT2D eigenvalue weighted by Gasteiger charge is 2.21. The van der Waals surface area contributed by atoms with Crippen molar-refractivity contribution in [2.75, 3.05) is 39.0 Å². The third kappa shape index (κ3) is 4.40. The Morgan fingerprint density at radius 3 is 2.79 bits per heavy atom. The Kier molecular flexibility index (Phi) is 5.54. The molecule has 1 N–H and O–H groups in total. The molecule has 0 amide bonds. The lowest BCUT2D eigenvalue weighted by atomic mass is 10.0. The van der Waals surface area contributed by atoms with Gasteiger partial charge in [0.25, 0.3) is 0 Å². The Balaban J connectivity index is 1.81. The van der Waals surface area contributed by atoms with Crippen LogP contribution in [0.2, 0.25) is 0 Å². The zero-order valence-corrected chi connectivity index (χ0v) is 13.0. The molecular formula is C13H25N5S. The summed E-state index contributed by atoms with van der Waals surface area (Å²) in [5.41, 5.74) is 0. The third-order valence-electron chi connectivity index (χ3n) is 3.69. The first kappa shape index (κ1) is 14.7. The molecule has 0 aliphatic carbocycles. The van der Waals surface area contributed by atoms with Crippen molar-refractivity contribution in [3.63, 3.8) is 0 Å². The molecule has 19 heavy (non-hydrogen) atoms. The number of aromatic nitrogens is 2. The molecule has 0 bridgehead atoms. The van der Waals surface area contributed by atoms with Gasteiger partial charge >= 0.3 is 0 Å². The molecule has 0 saturated carbocycles. The van der Waals surface area contributed by atoms with Crippen molar-refractivity contribution in [1.82, 2.24) is 20.0 Å². The van der Waals surface area contributed by atoms with Crippen LogP contribution in [-0.4, -0.2) is 59.8 Å². The predicted molar refractivity (Wildman–Crippen MR) is 80.7 cm³/mol. The van der Waals surface area contributed by atoms with Crippen LogP contribution in [0.25, 0.3) is 0 Å². The van der Waals surface area contributed by atoms with Gasteiger partial charge in [-0.3, -0.25) is 4.90 Å². The van der Waals surface area contributed by atoms with E-state index >= 15 is 0 Å². The maximum atomic E-state index is 4.27. The predicted octanol–water partition coefficient (Wildman–Crippen LogP) is 1.89. The molecule has 1 aromatic rings. The van der Waals surface area contributed by atoms with Gasteiger partial charge in [0, 0.05) is 12.6 Å². The monoisotopic (exact) mass is 283 g/mol. The van der Waals surface area contributed by atoms with Crippen LogP contribution in [0.3, 0.4) is 0 Å². The molecule has 0 unspecified atom stereocenters. The molecule has 1 fully saturated rings. The molecule has 1 aliphatic heterocycles. The zero-order chi connectivity index (χ0) is 13.7. The van der Waals surface area contributed by atoms with E-state index in [0.717, 1.165) is 29.6 Å². The molecule has 1 aromatic heterocycles. The second kappa shape index (κ2) is 7.17. The molecule has 2 heterocycles. The zero-order valence-electron chi connectivity index (χ0n) is 12.2. The Hall–Kier alpha value is -0.720. The molecule has 2 rings (SSSR count). The number of rotatable bonds is 6. The fourth-order valence-electron chi connectivity index (χ4n) is 2.40. The smallest absolute Gasteiger partial charge is 0.205 e. The van der Waals surface area contributed by atoms with E-state index in [-0.39, 0.29) is 0 Å². The van der Waals surface area contributed by atoms with Gasteiger partial charge in [0.05, 0.1) is 6.54 Å². The molecule has 0 radical (unpaired) electrons. The molecule has 1 aliphatic rings. The van der Waals surface area contributed by atoms with Crippen LogP contribution in [0.4, 0.5) is 5.13 Å². The minimum absolute atomic E-state index is 0.687. The summed E-state index contributed by atoms with van der Waals surface area (Å²) in [6.07, 6.45) is 3.63. The molecule has 1 saturated heterocycles. The van der Waals surface area contributed by atoms with Crippen LogP contribution < -0.4 is 5.32 Å². The van der Waals surface area contributed by atoms with Gasteiger partial charge in [0.1, 0.15) is 5.01 Å². The van der Waals surface area contributed by atoms with Gasteiger partial charge in [-0.1, -0.05) is 18.3 Å². The quantitative estimate of drug-likeness (QED) is 0.863. The molecule has 0 spiro atoms. The van der Waals surface area contributed by atoms with Gasteiger partial charge in [-0.25, -0.2) is 0 Å². The largest absolute Gasteiger partial charge is 0.360 e. The highest BCUT2D eigenvalue weighted by atomic mass is 32.1. The minimum Gasteiger partial charge on any atom is -0.360 e. The topological polar surface area (TPSA) is 44.3 Å². The Morgan fingerprint density at radius 2 is 2.11 bits per heavy atom. The lowest BCUT2D eigenvalue weighted by Gasteiger charge is -2.34. The molecule has 108 valence electrons. The summed E-state index contributed by atoms with van der Waals surface area (Å²) in [7, 11) is 4.41. The van der Waals surface area contributed by atoms with Crippen LogP contribution in [-0.2, 0) is 6.54 Å². The summed E-state index contributed by atoms with van der Waals surface area (Å²) in [4.78, 5) is 4.83. The number of hydrogen-bond acceptors (Lipinski definition) is 6. The van der Waals surface area contributed by atoms with Crippen molar-refractivity contribution in [3.05, 3.63) is 5.01 Å². The number of hydrogen-bond donors (Lipinski definition) is 1. The normalized spacial score (nSPS) is 18.1. The van der Waals surface area contributed by atoms with Crippen LogP contribution in [0.5, 0.6) is 0 Å². The molecule has 6 heteroatoms. The van der Waals surface area contributed by atoms with Gasteiger partial charge in [-0.15, -0.1) is 10.2 Å². The highest BCUT2D eigenvalue weighted by molar-refractivity contribution is 7.15. The third-order valence-corrected chi connectivity index (χ3v) is 4.55. The second-order valence-electron chi connectivity index (χ2n) is 5.38. The Labute approximate surface area is 120 Å². The van der Waals surface area contributed by atoms with Crippen molar-refractivity contribution >= 4 is 16.5 Å². The highest BCUT2D eigenvalue weighted by Crippen LogP contribution is 2.20. The lowest BCUT2D eigenvalue weighted by molar-refractivity contribution is 0.139. The molecule has 5 nitrogen and oxygen atoms in total. The standard InChI is InChI=1S/C13H25N5S/c1-4-7-14-13-16-15-12(19-13)10-18(3)11-5-8-17(2)9-6-11/h11H,4-10H2,1-3H3,(H,14,16). The van der Waals surface area contributed by atoms with E-state index in [4.69, 9.17) is 0 Å². The first-order valence-corrected chi connectivity index (χ1v) is 7.95. The summed E-state index contributed by atoms with van der Waals surface area (Å²) in [6.45, 7) is 6.45. The van der Waals surface area contributed by atoms with Gasteiger partial charge in [-0.05, 0) is 46.4 Å². The van der Waals surface area contributed by atoms with Crippen molar-refractivity contribution < 1.29 is 0 Å². The first-order chi connectivity index (χ1) is 9.19. The van der Waals surface area contributed by atoms with E-state index in [1.54, 1.807) is 11.3 Å². The van der Waals surface area contributed by atoms with E-state index in [2.05, 4.69) is 46.3 Å². The van der Waals surface area contributed by atoms with Gasteiger partial charge in [0.15, 0.2) is 0 Å². The van der Waals surface area contributed by atoms with Crippen molar-refractivity contribution in [3.8, 4) is 0 Å². The summed E-state index contributed by atoms with van der Waals surface area (Å²) in [5.74, 6) is 0. The van der Waals surface area contributed by atoms with E-state index in [1.165, 1.54) is 25.9 Å². The van der Waals surface area contributed by atoms with Crippen LogP contribution in [0.1, 0.15) is 31.2 Å². The van der Waals surface area contributed by atoms with Crippen molar-refractivity contribution in [2.45, 2.75) is 38.8 Å². The number of nitrogens with zero attached hydrogens (tertiary/aromatic N) is 4. The van der Waals surface area contributed by atoms with Crippen molar-refractivity contribution in [1.29, 1.82) is 0 Å². The van der Waals surface area contributed by atoms with E-state index < -0.39 is 0 Å². The minimum atomic E-state index is 0.687. The summed E-state index contributed by atoms with van der Waals surface area (Å²) in [6, 6.07) is 0.687. The average Bonchev–Trinajstić information content (AvgIpc) is 2.84. The number of anilines is 1. The number of nitrogens with one attached hydrogen (secondary N) is 1. The number of piperidine rings is 1. The van der Waals surface area contributed by atoms with Crippen LogP contribution >= 0.6 is 11.3 Å². The molecule has 0 atom stereocenters. The average molecular weight is 283 g/mol. The van der Waals surface area contributed by atoms with E-state index in [9.17, 15) is 0 Å².